The zero-order valence-electron chi connectivity index (χ0n) is 16.0. The van der Waals surface area contributed by atoms with Crippen LogP contribution in [0.15, 0.2) is 66.3 Å². The van der Waals surface area contributed by atoms with E-state index in [1.807, 2.05) is 23.1 Å². The van der Waals surface area contributed by atoms with Crippen molar-refractivity contribution >= 4 is 28.8 Å². The number of amides is 1. The highest BCUT2D eigenvalue weighted by Crippen LogP contribution is 2.23. The van der Waals surface area contributed by atoms with E-state index in [1.54, 1.807) is 61.8 Å². The summed E-state index contributed by atoms with van der Waals surface area (Å²) in [4.78, 5) is 20.6. The molecule has 4 nitrogen and oxygen atoms in total. The zero-order chi connectivity index (χ0) is 20.0. The molecule has 2 aromatic heterocycles. The molecule has 0 aliphatic heterocycles. The molecule has 0 saturated heterocycles. The van der Waals surface area contributed by atoms with Gasteiger partial charge in [-0.2, -0.15) is 0 Å². The molecule has 1 aromatic carbocycles. The molecule has 0 bridgehead atoms. The van der Waals surface area contributed by atoms with Crippen LogP contribution in [0.4, 0.5) is 0 Å². The molecular formula is C22H23ClN2O2S. The van der Waals surface area contributed by atoms with Crippen molar-refractivity contribution in [3.05, 3.63) is 81.8 Å². The summed E-state index contributed by atoms with van der Waals surface area (Å²) in [6.07, 6.45) is 4.33. The predicted octanol–water partition coefficient (Wildman–Crippen LogP) is 5.23. The van der Waals surface area contributed by atoms with E-state index in [1.165, 1.54) is 4.88 Å². The number of ether oxygens (including phenoxy) is 1. The van der Waals surface area contributed by atoms with Crippen LogP contribution in [0.3, 0.4) is 0 Å². The van der Waals surface area contributed by atoms with E-state index >= 15 is 0 Å². The number of halogens is 1. The van der Waals surface area contributed by atoms with Crippen LogP contribution in [-0.2, 0) is 17.8 Å². The SMILES string of the molecule is CC(C)(Oc1ccc(Cl)cc1)C(=O)N(CCc1cccs1)Cc1cccnc1. The zero-order valence-corrected chi connectivity index (χ0v) is 17.5. The molecule has 0 aliphatic carbocycles. The van der Waals surface area contributed by atoms with Crippen LogP contribution in [0, 0.1) is 0 Å². The Bertz CT molecular complexity index is 881. The third-order valence-electron chi connectivity index (χ3n) is 4.29. The average Bonchev–Trinajstić information content (AvgIpc) is 3.20. The van der Waals surface area contributed by atoms with Gasteiger partial charge in [-0.25, -0.2) is 0 Å². The normalized spacial score (nSPS) is 11.2. The highest BCUT2D eigenvalue weighted by Gasteiger charge is 2.34. The van der Waals surface area contributed by atoms with Gasteiger partial charge < -0.3 is 9.64 Å². The van der Waals surface area contributed by atoms with Crippen LogP contribution in [0.1, 0.15) is 24.3 Å². The summed E-state index contributed by atoms with van der Waals surface area (Å²) >= 11 is 7.64. The number of pyridine rings is 1. The van der Waals surface area contributed by atoms with Crippen LogP contribution in [0.2, 0.25) is 5.02 Å². The van der Waals surface area contributed by atoms with Crippen LogP contribution >= 0.6 is 22.9 Å². The molecule has 2 heterocycles. The van der Waals surface area contributed by atoms with Gasteiger partial charge in [-0.3, -0.25) is 9.78 Å². The Morgan fingerprint density at radius 3 is 2.61 bits per heavy atom. The summed E-state index contributed by atoms with van der Waals surface area (Å²) in [5.41, 5.74) is -0.0183. The lowest BCUT2D eigenvalue weighted by Crippen LogP contribution is -2.49. The molecule has 6 heteroatoms. The molecule has 3 rings (SSSR count). The second kappa shape index (κ2) is 9.22. The van der Waals surface area contributed by atoms with Crippen LogP contribution in [0.25, 0.3) is 0 Å². The van der Waals surface area contributed by atoms with Crippen molar-refractivity contribution in [1.29, 1.82) is 0 Å². The van der Waals surface area contributed by atoms with Gasteiger partial charge in [0.25, 0.3) is 5.91 Å². The van der Waals surface area contributed by atoms with Crippen molar-refractivity contribution in [2.75, 3.05) is 6.54 Å². The first-order valence-corrected chi connectivity index (χ1v) is 10.3. The number of aromatic nitrogens is 1. The Morgan fingerprint density at radius 1 is 1.18 bits per heavy atom. The van der Waals surface area contributed by atoms with Crippen LogP contribution in [0.5, 0.6) is 5.75 Å². The number of hydrogen-bond acceptors (Lipinski definition) is 4. The summed E-state index contributed by atoms with van der Waals surface area (Å²) < 4.78 is 6.01. The lowest BCUT2D eigenvalue weighted by atomic mass is 10.1. The van der Waals surface area contributed by atoms with E-state index in [4.69, 9.17) is 16.3 Å². The van der Waals surface area contributed by atoms with Crippen LogP contribution < -0.4 is 4.74 Å². The fraction of sp³-hybridized carbons (Fsp3) is 0.273. The second-order valence-corrected chi connectivity index (χ2v) is 8.45. The number of thiophene rings is 1. The minimum absolute atomic E-state index is 0.0668. The molecule has 0 atom stereocenters. The third kappa shape index (κ3) is 5.57. The molecule has 0 spiro atoms. The quantitative estimate of drug-likeness (QED) is 0.507. The lowest BCUT2D eigenvalue weighted by Gasteiger charge is -2.32. The van der Waals surface area contributed by atoms with Crippen LogP contribution in [-0.4, -0.2) is 27.9 Å². The van der Waals surface area contributed by atoms with E-state index in [0.717, 1.165) is 12.0 Å². The molecule has 0 radical (unpaired) electrons. The molecule has 0 saturated carbocycles. The monoisotopic (exact) mass is 414 g/mol. The van der Waals surface area contributed by atoms with Gasteiger partial charge in [-0.15, -0.1) is 11.3 Å². The van der Waals surface area contributed by atoms with Crippen molar-refractivity contribution in [3.63, 3.8) is 0 Å². The van der Waals surface area contributed by atoms with Crippen molar-refractivity contribution in [2.24, 2.45) is 0 Å². The van der Waals surface area contributed by atoms with E-state index in [-0.39, 0.29) is 5.91 Å². The van der Waals surface area contributed by atoms with Crippen molar-refractivity contribution in [3.8, 4) is 5.75 Å². The molecule has 0 fully saturated rings. The number of carbonyl (C=O) groups is 1. The Balaban J connectivity index is 1.75. The summed E-state index contributed by atoms with van der Waals surface area (Å²) in [6, 6.07) is 15.0. The van der Waals surface area contributed by atoms with E-state index in [9.17, 15) is 4.79 Å². The van der Waals surface area contributed by atoms with Gasteiger partial charge >= 0.3 is 0 Å². The van der Waals surface area contributed by atoms with Gasteiger partial charge in [0.2, 0.25) is 0 Å². The maximum Gasteiger partial charge on any atom is 0.266 e. The lowest BCUT2D eigenvalue weighted by molar-refractivity contribution is -0.146. The third-order valence-corrected chi connectivity index (χ3v) is 5.48. The number of rotatable bonds is 8. The average molecular weight is 415 g/mol. The fourth-order valence-corrected chi connectivity index (χ4v) is 3.71. The molecule has 28 heavy (non-hydrogen) atoms. The van der Waals surface area contributed by atoms with Gasteiger partial charge in [-0.1, -0.05) is 23.7 Å². The smallest absolute Gasteiger partial charge is 0.266 e. The number of nitrogens with zero attached hydrogens (tertiary/aromatic N) is 2. The van der Waals surface area contributed by atoms with Crippen molar-refractivity contribution in [2.45, 2.75) is 32.4 Å². The molecule has 146 valence electrons. The van der Waals surface area contributed by atoms with Gasteiger partial charge in [0.05, 0.1) is 0 Å². The van der Waals surface area contributed by atoms with E-state index in [2.05, 4.69) is 16.4 Å². The van der Waals surface area contributed by atoms with Crippen molar-refractivity contribution in [1.82, 2.24) is 9.88 Å². The molecule has 0 aliphatic rings. The summed E-state index contributed by atoms with van der Waals surface area (Å²) in [6.45, 7) is 4.70. The van der Waals surface area contributed by atoms with E-state index in [0.29, 0.717) is 23.9 Å². The first-order chi connectivity index (χ1) is 13.4. The standard InChI is InChI=1S/C22H23ClN2O2S/c1-22(2,27-19-9-7-18(23)8-10-19)21(26)25(13-11-20-6-4-14-28-20)16-17-5-3-12-24-15-17/h3-10,12,14-15H,11,13,16H2,1-2H3. The molecule has 0 N–H and O–H groups in total. The summed E-state index contributed by atoms with van der Waals surface area (Å²) in [7, 11) is 0. The van der Waals surface area contributed by atoms with Gasteiger partial charge in [0.1, 0.15) is 5.75 Å². The minimum atomic E-state index is -1.01. The first-order valence-electron chi connectivity index (χ1n) is 9.09. The molecule has 3 aromatic rings. The maximum atomic E-state index is 13.4. The fourth-order valence-electron chi connectivity index (χ4n) is 2.89. The number of benzene rings is 1. The van der Waals surface area contributed by atoms with Gasteiger partial charge in [0.15, 0.2) is 5.60 Å². The topological polar surface area (TPSA) is 42.4 Å². The van der Waals surface area contributed by atoms with Gasteiger partial charge in [0, 0.05) is 35.4 Å². The van der Waals surface area contributed by atoms with Gasteiger partial charge in [-0.05, 0) is 67.6 Å². The largest absolute Gasteiger partial charge is 0.478 e. The summed E-state index contributed by atoms with van der Waals surface area (Å²) in [5, 5.41) is 2.68. The highest BCUT2D eigenvalue weighted by atomic mass is 35.5. The Hall–Kier alpha value is -2.37. The second-order valence-electron chi connectivity index (χ2n) is 6.98. The van der Waals surface area contributed by atoms with E-state index < -0.39 is 5.60 Å². The number of hydrogen-bond donors (Lipinski definition) is 0. The molecule has 0 unspecified atom stereocenters. The Morgan fingerprint density at radius 2 is 1.96 bits per heavy atom. The Labute approximate surface area is 174 Å². The van der Waals surface area contributed by atoms with Crippen molar-refractivity contribution < 1.29 is 9.53 Å². The maximum absolute atomic E-state index is 13.4. The Kier molecular flexibility index (Phi) is 6.70. The first kappa shape index (κ1) is 20.4. The number of carbonyl (C=O) groups excluding carboxylic acids is 1. The summed E-state index contributed by atoms with van der Waals surface area (Å²) in [5.74, 6) is 0.546. The predicted molar refractivity (Wildman–Crippen MR) is 114 cm³/mol. The molecular weight excluding hydrogens is 392 g/mol. The minimum Gasteiger partial charge on any atom is -0.478 e. The highest BCUT2D eigenvalue weighted by molar-refractivity contribution is 7.09. The molecule has 1 amide bonds.